The van der Waals surface area contributed by atoms with Crippen molar-refractivity contribution in [3.8, 4) is 0 Å². The lowest BCUT2D eigenvalue weighted by Crippen LogP contribution is -2.36. The number of anilines is 1. The highest BCUT2D eigenvalue weighted by atomic mass is 79.9. The molecule has 0 spiro atoms. The van der Waals surface area contributed by atoms with Crippen LogP contribution in [0.15, 0.2) is 15.0 Å². The van der Waals surface area contributed by atoms with Gasteiger partial charge in [0, 0.05) is 16.6 Å². The van der Waals surface area contributed by atoms with Gasteiger partial charge >= 0.3 is 5.69 Å². The van der Waals surface area contributed by atoms with Gasteiger partial charge in [-0.3, -0.25) is 10.1 Å². The van der Waals surface area contributed by atoms with E-state index < -0.39 is 0 Å². The van der Waals surface area contributed by atoms with Gasteiger partial charge in [0.2, 0.25) is 5.95 Å². The maximum absolute atomic E-state index is 11.5. The Morgan fingerprint density at radius 3 is 2.67 bits per heavy atom. The summed E-state index contributed by atoms with van der Waals surface area (Å²) in [5.41, 5.74) is 1.15. The quantitative estimate of drug-likeness (QED) is 0.527. The van der Waals surface area contributed by atoms with Gasteiger partial charge in [-0.1, -0.05) is 0 Å². The SMILES string of the molecule is CC(C)n1c(NC2CCNCC2)nc2c([N+](=O)[O-])c(Br)c(Br)cc21. The predicted molar refractivity (Wildman–Crippen MR) is 102 cm³/mol. The topological polar surface area (TPSA) is 85.0 Å². The minimum absolute atomic E-state index is 0.00728. The molecule has 3 rings (SSSR count). The Morgan fingerprint density at radius 2 is 2.08 bits per heavy atom. The van der Waals surface area contributed by atoms with E-state index in [1.54, 1.807) is 0 Å². The van der Waals surface area contributed by atoms with Crippen molar-refractivity contribution in [2.24, 2.45) is 0 Å². The first-order chi connectivity index (χ1) is 11.4. The summed E-state index contributed by atoms with van der Waals surface area (Å²) in [4.78, 5) is 15.7. The van der Waals surface area contributed by atoms with E-state index >= 15 is 0 Å². The molecule has 1 fully saturated rings. The average Bonchev–Trinajstić information content (AvgIpc) is 2.86. The highest BCUT2D eigenvalue weighted by molar-refractivity contribution is 9.13. The Kier molecular flexibility index (Phi) is 5.12. The third-order valence-electron chi connectivity index (χ3n) is 4.22. The summed E-state index contributed by atoms with van der Waals surface area (Å²) in [6, 6.07) is 2.34. The molecule has 0 unspecified atom stereocenters. The van der Waals surface area contributed by atoms with Crippen LogP contribution in [0, 0.1) is 10.1 Å². The number of rotatable bonds is 4. The fourth-order valence-corrected chi connectivity index (χ4v) is 3.95. The number of nitrogens with zero attached hydrogens (tertiary/aromatic N) is 3. The third-order valence-corrected chi connectivity index (χ3v) is 6.18. The third kappa shape index (κ3) is 3.16. The summed E-state index contributed by atoms with van der Waals surface area (Å²) in [5, 5.41) is 18.4. The maximum Gasteiger partial charge on any atom is 0.312 e. The Bertz CT molecular complexity index is 784. The van der Waals surface area contributed by atoms with E-state index in [4.69, 9.17) is 0 Å². The van der Waals surface area contributed by atoms with Gasteiger partial charge in [0.1, 0.15) is 4.47 Å². The number of nitro benzene ring substituents is 1. The number of benzene rings is 1. The van der Waals surface area contributed by atoms with Crippen molar-refractivity contribution >= 4 is 54.5 Å². The van der Waals surface area contributed by atoms with E-state index in [1.807, 2.05) is 10.6 Å². The van der Waals surface area contributed by atoms with Gasteiger partial charge in [0.25, 0.3) is 0 Å². The van der Waals surface area contributed by atoms with Gasteiger partial charge in [-0.2, -0.15) is 0 Å². The number of nitro groups is 1. The van der Waals surface area contributed by atoms with Crippen LogP contribution >= 0.6 is 31.9 Å². The first-order valence-corrected chi connectivity index (χ1v) is 9.50. The van der Waals surface area contributed by atoms with Crippen molar-refractivity contribution in [3.63, 3.8) is 0 Å². The minimum Gasteiger partial charge on any atom is -0.353 e. The molecule has 2 N–H and O–H groups in total. The average molecular weight is 461 g/mol. The van der Waals surface area contributed by atoms with Crippen LogP contribution in [-0.2, 0) is 0 Å². The zero-order chi connectivity index (χ0) is 17.4. The number of nitrogens with one attached hydrogen (secondary N) is 2. The van der Waals surface area contributed by atoms with Crippen LogP contribution in [-0.4, -0.2) is 33.6 Å². The summed E-state index contributed by atoms with van der Waals surface area (Å²) >= 11 is 6.71. The van der Waals surface area contributed by atoms with E-state index in [9.17, 15) is 10.1 Å². The standard InChI is InChI=1S/C15H19Br2N5O2/c1-8(2)21-11-7-10(16)12(17)14(22(23)24)13(11)20-15(21)19-9-3-5-18-6-4-9/h7-9,18H,3-6H2,1-2H3,(H,19,20). The maximum atomic E-state index is 11.5. The first kappa shape index (κ1) is 17.6. The summed E-state index contributed by atoms with van der Waals surface area (Å²) in [6.07, 6.45) is 2.02. The molecular formula is C15H19Br2N5O2. The smallest absolute Gasteiger partial charge is 0.312 e. The van der Waals surface area contributed by atoms with Gasteiger partial charge in [0.05, 0.1) is 10.4 Å². The van der Waals surface area contributed by atoms with Crippen molar-refractivity contribution in [1.29, 1.82) is 0 Å². The van der Waals surface area contributed by atoms with Crippen LogP contribution < -0.4 is 10.6 Å². The van der Waals surface area contributed by atoms with Crippen molar-refractivity contribution in [2.45, 2.75) is 38.8 Å². The molecule has 0 radical (unpaired) electrons. The molecule has 2 heterocycles. The number of piperidine rings is 1. The Hall–Kier alpha value is -1.19. The van der Waals surface area contributed by atoms with Crippen LogP contribution in [0.5, 0.6) is 0 Å². The van der Waals surface area contributed by atoms with Crippen LogP contribution in [0.1, 0.15) is 32.7 Å². The second-order valence-corrected chi connectivity index (χ2v) is 7.86. The monoisotopic (exact) mass is 459 g/mol. The van der Waals surface area contributed by atoms with Gasteiger partial charge in [-0.05, 0) is 77.7 Å². The van der Waals surface area contributed by atoms with Crippen LogP contribution in [0.3, 0.4) is 0 Å². The number of aromatic nitrogens is 2. The van der Waals surface area contributed by atoms with Gasteiger partial charge in [0.15, 0.2) is 5.52 Å². The van der Waals surface area contributed by atoms with Gasteiger partial charge in [-0.25, -0.2) is 4.98 Å². The van der Waals surface area contributed by atoms with Crippen LogP contribution in [0.2, 0.25) is 0 Å². The molecule has 1 aliphatic heterocycles. The van der Waals surface area contributed by atoms with Crippen molar-refractivity contribution in [3.05, 3.63) is 25.1 Å². The number of hydrogen-bond acceptors (Lipinski definition) is 5. The molecule has 0 amide bonds. The van der Waals surface area contributed by atoms with E-state index in [2.05, 4.69) is 61.3 Å². The Balaban J connectivity index is 2.16. The minimum atomic E-state index is -0.386. The molecule has 1 saturated heterocycles. The lowest BCUT2D eigenvalue weighted by atomic mass is 10.1. The summed E-state index contributed by atoms with van der Waals surface area (Å²) < 4.78 is 3.10. The largest absolute Gasteiger partial charge is 0.353 e. The van der Waals surface area contributed by atoms with Crippen molar-refractivity contribution < 1.29 is 4.92 Å². The fourth-order valence-electron chi connectivity index (χ4n) is 3.10. The second kappa shape index (κ2) is 6.97. The van der Waals surface area contributed by atoms with E-state index in [1.165, 1.54) is 0 Å². The van der Waals surface area contributed by atoms with E-state index in [0.717, 1.165) is 31.4 Å². The fraction of sp³-hybridized carbons (Fsp3) is 0.533. The van der Waals surface area contributed by atoms with Gasteiger partial charge < -0.3 is 15.2 Å². The Morgan fingerprint density at radius 1 is 1.42 bits per heavy atom. The first-order valence-electron chi connectivity index (χ1n) is 7.91. The molecule has 0 aliphatic carbocycles. The molecule has 0 saturated carbocycles. The Labute approximate surface area is 156 Å². The molecule has 9 heteroatoms. The molecule has 2 aromatic rings. The normalized spacial score (nSPS) is 16.0. The van der Waals surface area contributed by atoms with Crippen LogP contribution in [0.4, 0.5) is 11.6 Å². The van der Waals surface area contributed by atoms with E-state index in [-0.39, 0.29) is 16.7 Å². The molecule has 130 valence electrons. The predicted octanol–water partition coefficient (Wildman–Crippen LogP) is 4.21. The molecule has 0 bridgehead atoms. The molecular weight excluding hydrogens is 442 g/mol. The summed E-state index contributed by atoms with van der Waals surface area (Å²) in [6.45, 7) is 6.04. The van der Waals surface area contributed by atoms with Crippen molar-refractivity contribution in [1.82, 2.24) is 14.9 Å². The number of fused-ring (bicyclic) bond motifs is 1. The lowest BCUT2D eigenvalue weighted by Gasteiger charge is -2.25. The highest BCUT2D eigenvalue weighted by Gasteiger charge is 2.27. The highest BCUT2D eigenvalue weighted by Crippen LogP contribution is 2.41. The molecule has 1 aromatic heterocycles. The second-order valence-electron chi connectivity index (χ2n) is 6.21. The molecule has 0 atom stereocenters. The zero-order valence-corrected chi connectivity index (χ0v) is 16.6. The number of halogens is 2. The summed E-state index contributed by atoms with van der Waals surface area (Å²) in [5.74, 6) is 0.694. The van der Waals surface area contributed by atoms with Gasteiger partial charge in [-0.15, -0.1) is 0 Å². The number of imidazole rings is 1. The molecule has 1 aliphatic rings. The zero-order valence-electron chi connectivity index (χ0n) is 13.5. The van der Waals surface area contributed by atoms with E-state index in [0.29, 0.717) is 26.5 Å². The van der Waals surface area contributed by atoms with Crippen molar-refractivity contribution in [2.75, 3.05) is 18.4 Å². The van der Waals surface area contributed by atoms with Crippen LogP contribution in [0.25, 0.3) is 11.0 Å². The molecule has 7 nitrogen and oxygen atoms in total. The number of hydrogen-bond donors (Lipinski definition) is 2. The molecule has 1 aromatic carbocycles. The molecule has 24 heavy (non-hydrogen) atoms. The lowest BCUT2D eigenvalue weighted by molar-refractivity contribution is -0.384. The summed E-state index contributed by atoms with van der Waals surface area (Å²) in [7, 11) is 0.